The fourth-order valence-electron chi connectivity index (χ4n) is 1.79. The van der Waals surface area contributed by atoms with Crippen LogP contribution in [0.5, 0.6) is 0 Å². The summed E-state index contributed by atoms with van der Waals surface area (Å²) in [5, 5.41) is 2.99. The number of Topliss-reactive ketones (excluding diaryl/α,β-unsaturated/α-hetero) is 1. The number of likely N-dealkylation sites (tertiary alicyclic amines) is 1. The van der Waals surface area contributed by atoms with E-state index < -0.39 is 0 Å². The molecule has 1 heterocycles. The number of imide groups is 1. The predicted molar refractivity (Wildman–Crippen MR) is 66.0 cm³/mol. The van der Waals surface area contributed by atoms with E-state index in [-0.39, 0.29) is 24.3 Å². The second kappa shape index (κ2) is 5.00. The van der Waals surface area contributed by atoms with Gasteiger partial charge in [-0.25, -0.2) is 0 Å². The summed E-state index contributed by atoms with van der Waals surface area (Å²) in [5.41, 5.74) is 1.40. The minimum Gasteiger partial charge on any atom is -0.367 e. The van der Waals surface area contributed by atoms with Crippen LogP contribution in [0, 0.1) is 0 Å². The SMILES string of the molecule is CC(=O)c1ccc(NCN2C(=O)CCC2=O)cc1. The zero-order valence-corrected chi connectivity index (χ0v) is 10.1. The smallest absolute Gasteiger partial charge is 0.231 e. The maximum absolute atomic E-state index is 11.4. The van der Waals surface area contributed by atoms with E-state index in [4.69, 9.17) is 0 Å². The zero-order valence-electron chi connectivity index (χ0n) is 10.1. The highest BCUT2D eigenvalue weighted by molar-refractivity contribution is 6.02. The molecule has 1 aliphatic rings. The Labute approximate surface area is 105 Å². The second-order valence-corrected chi connectivity index (χ2v) is 4.18. The molecule has 0 unspecified atom stereocenters. The molecule has 0 aromatic heterocycles. The highest BCUT2D eigenvalue weighted by Gasteiger charge is 2.28. The van der Waals surface area contributed by atoms with Gasteiger partial charge in [-0.15, -0.1) is 0 Å². The zero-order chi connectivity index (χ0) is 13.1. The Morgan fingerprint density at radius 1 is 1.17 bits per heavy atom. The van der Waals surface area contributed by atoms with Crippen molar-refractivity contribution in [1.82, 2.24) is 4.90 Å². The van der Waals surface area contributed by atoms with Crippen molar-refractivity contribution in [3.05, 3.63) is 29.8 Å². The first-order chi connectivity index (χ1) is 8.58. The van der Waals surface area contributed by atoms with Crippen molar-refractivity contribution in [1.29, 1.82) is 0 Å². The van der Waals surface area contributed by atoms with Crippen LogP contribution in [0.4, 0.5) is 5.69 Å². The standard InChI is InChI=1S/C13H14N2O3/c1-9(16)10-2-4-11(5-3-10)14-8-15-12(17)6-7-13(15)18/h2-5,14H,6-8H2,1H3. The third-order valence-electron chi connectivity index (χ3n) is 2.89. The summed E-state index contributed by atoms with van der Waals surface area (Å²) in [7, 11) is 0. The minimum atomic E-state index is -0.146. The van der Waals surface area contributed by atoms with Gasteiger partial charge in [0.1, 0.15) is 0 Å². The lowest BCUT2D eigenvalue weighted by Gasteiger charge is -2.15. The van der Waals surface area contributed by atoms with E-state index in [2.05, 4.69) is 5.32 Å². The molecule has 1 aromatic rings. The van der Waals surface area contributed by atoms with Crippen molar-refractivity contribution in [3.8, 4) is 0 Å². The molecule has 0 bridgehead atoms. The average molecular weight is 246 g/mol. The Bertz CT molecular complexity index is 477. The number of anilines is 1. The molecule has 0 aliphatic carbocycles. The molecule has 0 atom stereocenters. The Morgan fingerprint density at radius 2 is 1.72 bits per heavy atom. The third kappa shape index (κ3) is 2.56. The molecule has 0 spiro atoms. The number of rotatable bonds is 4. The van der Waals surface area contributed by atoms with Gasteiger partial charge in [-0.1, -0.05) is 0 Å². The van der Waals surface area contributed by atoms with Gasteiger partial charge in [-0.3, -0.25) is 19.3 Å². The lowest BCUT2D eigenvalue weighted by Crippen LogP contribution is -2.33. The van der Waals surface area contributed by atoms with Crippen LogP contribution >= 0.6 is 0 Å². The van der Waals surface area contributed by atoms with E-state index in [1.165, 1.54) is 11.8 Å². The van der Waals surface area contributed by atoms with Crippen molar-refractivity contribution in [2.45, 2.75) is 19.8 Å². The number of benzene rings is 1. The first-order valence-corrected chi connectivity index (χ1v) is 5.76. The van der Waals surface area contributed by atoms with Crippen LogP contribution in [0.15, 0.2) is 24.3 Å². The van der Waals surface area contributed by atoms with E-state index in [9.17, 15) is 14.4 Å². The first-order valence-electron chi connectivity index (χ1n) is 5.76. The Balaban J connectivity index is 1.96. The highest BCUT2D eigenvalue weighted by Crippen LogP contribution is 2.14. The van der Waals surface area contributed by atoms with Gasteiger partial charge in [0, 0.05) is 24.1 Å². The number of carbonyl (C=O) groups is 3. The number of hydrogen-bond donors (Lipinski definition) is 1. The predicted octanol–water partition coefficient (Wildman–Crippen LogP) is 1.41. The van der Waals surface area contributed by atoms with Gasteiger partial charge >= 0.3 is 0 Å². The maximum atomic E-state index is 11.4. The van der Waals surface area contributed by atoms with Crippen LogP contribution in [0.2, 0.25) is 0 Å². The Kier molecular flexibility index (Phi) is 3.41. The quantitative estimate of drug-likeness (QED) is 0.644. The number of nitrogens with one attached hydrogen (secondary N) is 1. The number of hydrogen-bond acceptors (Lipinski definition) is 4. The lowest BCUT2D eigenvalue weighted by molar-refractivity contribution is -0.137. The largest absolute Gasteiger partial charge is 0.367 e. The van der Waals surface area contributed by atoms with E-state index in [1.807, 2.05) is 0 Å². The molecular weight excluding hydrogens is 232 g/mol. The third-order valence-corrected chi connectivity index (χ3v) is 2.89. The monoisotopic (exact) mass is 246 g/mol. The normalized spacial score (nSPS) is 15.1. The molecule has 0 radical (unpaired) electrons. The lowest BCUT2D eigenvalue weighted by atomic mass is 10.1. The van der Waals surface area contributed by atoms with Gasteiger partial charge in [0.15, 0.2) is 5.78 Å². The van der Waals surface area contributed by atoms with Crippen molar-refractivity contribution in [3.63, 3.8) is 0 Å². The summed E-state index contributed by atoms with van der Waals surface area (Å²) in [5.74, 6) is -0.285. The summed E-state index contributed by atoms with van der Waals surface area (Å²) in [4.78, 5) is 35.0. The Morgan fingerprint density at radius 3 is 2.22 bits per heavy atom. The molecule has 0 saturated carbocycles. The van der Waals surface area contributed by atoms with Crippen LogP contribution in [0.1, 0.15) is 30.1 Å². The topological polar surface area (TPSA) is 66.5 Å². The van der Waals surface area contributed by atoms with Crippen LogP contribution < -0.4 is 5.32 Å². The number of nitrogens with zero attached hydrogens (tertiary/aromatic N) is 1. The summed E-state index contributed by atoms with van der Waals surface area (Å²) >= 11 is 0. The van der Waals surface area contributed by atoms with Gasteiger partial charge < -0.3 is 5.32 Å². The van der Waals surface area contributed by atoms with E-state index in [1.54, 1.807) is 24.3 Å². The molecule has 2 rings (SSSR count). The van der Waals surface area contributed by atoms with Gasteiger partial charge in [-0.05, 0) is 31.2 Å². The molecule has 1 aliphatic heterocycles. The fraction of sp³-hybridized carbons (Fsp3) is 0.308. The first kappa shape index (κ1) is 12.3. The maximum Gasteiger partial charge on any atom is 0.231 e. The van der Waals surface area contributed by atoms with Crippen LogP contribution in [-0.2, 0) is 9.59 Å². The van der Waals surface area contributed by atoms with Crippen molar-refractivity contribution in [2.75, 3.05) is 12.0 Å². The van der Waals surface area contributed by atoms with Gasteiger partial charge in [0.05, 0.1) is 6.67 Å². The van der Waals surface area contributed by atoms with Gasteiger partial charge in [0.2, 0.25) is 11.8 Å². The number of amides is 2. The van der Waals surface area contributed by atoms with Crippen LogP contribution in [0.25, 0.3) is 0 Å². The molecule has 5 heteroatoms. The van der Waals surface area contributed by atoms with E-state index in [0.29, 0.717) is 18.4 Å². The minimum absolute atomic E-state index is 0.00597. The molecule has 1 aromatic carbocycles. The van der Waals surface area contributed by atoms with Gasteiger partial charge in [-0.2, -0.15) is 0 Å². The number of carbonyl (C=O) groups excluding carboxylic acids is 3. The Hall–Kier alpha value is -2.17. The highest BCUT2D eigenvalue weighted by atomic mass is 16.2. The molecule has 1 N–H and O–H groups in total. The van der Waals surface area contributed by atoms with Crippen molar-refractivity contribution in [2.24, 2.45) is 0 Å². The number of ketones is 1. The average Bonchev–Trinajstić information content (AvgIpc) is 2.67. The van der Waals surface area contributed by atoms with Crippen LogP contribution in [0.3, 0.4) is 0 Å². The molecular formula is C13H14N2O3. The molecule has 1 saturated heterocycles. The van der Waals surface area contributed by atoms with Crippen LogP contribution in [-0.4, -0.2) is 29.2 Å². The van der Waals surface area contributed by atoms with Gasteiger partial charge in [0.25, 0.3) is 0 Å². The molecule has 5 nitrogen and oxygen atoms in total. The summed E-state index contributed by atoms with van der Waals surface area (Å²) in [6, 6.07) is 6.92. The summed E-state index contributed by atoms with van der Waals surface area (Å²) in [6.45, 7) is 1.68. The van der Waals surface area contributed by atoms with Crippen molar-refractivity contribution >= 4 is 23.3 Å². The molecule has 94 valence electrons. The second-order valence-electron chi connectivity index (χ2n) is 4.18. The molecule has 2 amide bonds. The van der Waals surface area contributed by atoms with Crippen molar-refractivity contribution < 1.29 is 14.4 Å². The molecule has 18 heavy (non-hydrogen) atoms. The molecule has 1 fully saturated rings. The van der Waals surface area contributed by atoms with E-state index >= 15 is 0 Å². The van der Waals surface area contributed by atoms with E-state index in [0.717, 1.165) is 5.69 Å². The summed E-state index contributed by atoms with van der Waals surface area (Å²) in [6.07, 6.45) is 0.591. The fourth-order valence-corrected chi connectivity index (χ4v) is 1.79. The summed E-state index contributed by atoms with van der Waals surface area (Å²) < 4.78 is 0.